The number of anilines is 3. The number of aromatic nitrogens is 1. The molecule has 3 aromatic rings. The van der Waals surface area contributed by atoms with Gasteiger partial charge in [0.1, 0.15) is 5.82 Å². The highest BCUT2D eigenvalue weighted by Gasteiger charge is 2.04. The lowest BCUT2D eigenvalue weighted by Gasteiger charge is -2.09. The van der Waals surface area contributed by atoms with Gasteiger partial charge < -0.3 is 11.1 Å². The van der Waals surface area contributed by atoms with Gasteiger partial charge >= 0.3 is 0 Å². The van der Waals surface area contributed by atoms with Crippen LogP contribution in [0.25, 0.3) is 10.9 Å². The molecule has 102 valence electrons. The Balaban J connectivity index is 1.95. The number of halogens is 1. The van der Waals surface area contributed by atoms with E-state index in [4.69, 9.17) is 22.6 Å². The Kier molecular flexibility index (Phi) is 3.35. The van der Waals surface area contributed by atoms with Gasteiger partial charge in [-0.3, -0.25) is 0 Å². The smallest absolute Gasteiger partial charge is 0.131 e. The lowest BCUT2D eigenvalue weighted by atomic mass is 10.2. The maximum Gasteiger partial charge on any atom is 0.131 e. The second-order valence-electron chi connectivity index (χ2n) is 4.58. The van der Waals surface area contributed by atoms with E-state index in [9.17, 15) is 0 Å². The molecule has 0 radical (unpaired) electrons. The highest BCUT2D eigenvalue weighted by Crippen LogP contribution is 2.26. The summed E-state index contributed by atoms with van der Waals surface area (Å²) >= 11 is 6.14. The normalized spacial score (nSPS) is 10.3. The van der Waals surface area contributed by atoms with E-state index in [1.54, 1.807) is 18.2 Å². The Labute approximate surface area is 126 Å². The Morgan fingerprint density at radius 3 is 2.71 bits per heavy atom. The SMILES string of the molecule is N#Cc1ccc(Nc2ccc3cc(N)ccc3n2)c(Cl)c1. The van der Waals surface area contributed by atoms with Gasteiger partial charge in [0.25, 0.3) is 0 Å². The first-order chi connectivity index (χ1) is 10.2. The number of fused-ring (bicyclic) bond motifs is 1. The molecule has 0 saturated heterocycles. The van der Waals surface area contributed by atoms with Crippen molar-refractivity contribution in [1.82, 2.24) is 4.98 Å². The lowest BCUT2D eigenvalue weighted by molar-refractivity contribution is 1.37. The molecule has 0 bridgehead atoms. The van der Waals surface area contributed by atoms with Gasteiger partial charge in [0.05, 0.1) is 27.9 Å². The van der Waals surface area contributed by atoms with E-state index in [1.807, 2.05) is 36.4 Å². The summed E-state index contributed by atoms with van der Waals surface area (Å²) in [7, 11) is 0. The monoisotopic (exact) mass is 294 g/mol. The van der Waals surface area contributed by atoms with Crippen molar-refractivity contribution < 1.29 is 0 Å². The number of hydrogen-bond donors (Lipinski definition) is 2. The second kappa shape index (κ2) is 5.31. The number of pyridine rings is 1. The standard InChI is InChI=1S/C16H11ClN4/c17-13-7-10(9-18)1-4-15(13)21-16-6-2-11-8-12(19)3-5-14(11)20-16/h1-8H,19H2,(H,20,21). The molecule has 1 aromatic heterocycles. The van der Waals surface area contributed by atoms with Gasteiger partial charge in [-0.2, -0.15) is 5.26 Å². The summed E-state index contributed by atoms with van der Waals surface area (Å²) < 4.78 is 0. The number of benzene rings is 2. The minimum absolute atomic E-state index is 0.480. The molecule has 0 unspecified atom stereocenters. The van der Waals surface area contributed by atoms with Crippen LogP contribution in [0.5, 0.6) is 0 Å². The van der Waals surface area contributed by atoms with Crippen molar-refractivity contribution in [3.05, 3.63) is 59.1 Å². The molecule has 0 atom stereocenters. The third-order valence-corrected chi connectivity index (χ3v) is 3.39. The van der Waals surface area contributed by atoms with Gasteiger partial charge in [-0.05, 0) is 48.5 Å². The van der Waals surface area contributed by atoms with Crippen LogP contribution >= 0.6 is 11.6 Å². The molecule has 0 aliphatic rings. The molecular formula is C16H11ClN4. The van der Waals surface area contributed by atoms with Gasteiger partial charge in [-0.15, -0.1) is 0 Å². The van der Waals surface area contributed by atoms with Crippen LogP contribution in [-0.2, 0) is 0 Å². The molecule has 0 spiro atoms. The average Bonchev–Trinajstić information content (AvgIpc) is 2.49. The average molecular weight is 295 g/mol. The minimum atomic E-state index is 0.480. The first-order valence-corrected chi connectivity index (χ1v) is 6.66. The molecule has 0 fully saturated rings. The van der Waals surface area contributed by atoms with E-state index in [-0.39, 0.29) is 0 Å². The topological polar surface area (TPSA) is 74.7 Å². The van der Waals surface area contributed by atoms with Crippen molar-refractivity contribution in [3.8, 4) is 6.07 Å². The van der Waals surface area contributed by atoms with Crippen molar-refractivity contribution >= 4 is 39.7 Å². The summed E-state index contributed by atoms with van der Waals surface area (Å²) in [4.78, 5) is 4.50. The number of rotatable bonds is 2. The van der Waals surface area contributed by atoms with Gasteiger partial charge in [0.15, 0.2) is 0 Å². The Bertz CT molecular complexity index is 868. The van der Waals surface area contributed by atoms with E-state index < -0.39 is 0 Å². The van der Waals surface area contributed by atoms with Crippen LogP contribution in [0.1, 0.15) is 5.56 Å². The molecular weight excluding hydrogens is 284 g/mol. The zero-order chi connectivity index (χ0) is 14.8. The molecule has 3 N–H and O–H groups in total. The van der Waals surface area contributed by atoms with E-state index in [2.05, 4.69) is 10.3 Å². The van der Waals surface area contributed by atoms with Crippen LogP contribution in [0.15, 0.2) is 48.5 Å². The van der Waals surface area contributed by atoms with Crippen LogP contribution in [-0.4, -0.2) is 4.98 Å². The fourth-order valence-electron chi connectivity index (χ4n) is 2.04. The van der Waals surface area contributed by atoms with Crippen LogP contribution in [0.3, 0.4) is 0 Å². The Morgan fingerprint density at radius 2 is 1.95 bits per heavy atom. The maximum absolute atomic E-state index is 8.83. The van der Waals surface area contributed by atoms with Crippen LogP contribution in [0.2, 0.25) is 5.02 Å². The molecule has 5 heteroatoms. The van der Waals surface area contributed by atoms with Crippen molar-refractivity contribution in [2.24, 2.45) is 0 Å². The molecule has 21 heavy (non-hydrogen) atoms. The Morgan fingerprint density at radius 1 is 1.10 bits per heavy atom. The number of nitriles is 1. The third kappa shape index (κ3) is 2.73. The minimum Gasteiger partial charge on any atom is -0.399 e. The zero-order valence-corrected chi connectivity index (χ0v) is 11.7. The molecule has 2 aromatic carbocycles. The molecule has 1 heterocycles. The highest BCUT2D eigenvalue weighted by atomic mass is 35.5. The number of hydrogen-bond acceptors (Lipinski definition) is 4. The molecule has 0 aliphatic heterocycles. The quantitative estimate of drug-likeness (QED) is 0.698. The largest absolute Gasteiger partial charge is 0.399 e. The van der Waals surface area contributed by atoms with E-state index in [0.717, 1.165) is 10.9 Å². The lowest BCUT2D eigenvalue weighted by Crippen LogP contribution is -1.95. The van der Waals surface area contributed by atoms with Gasteiger partial charge in [-0.1, -0.05) is 11.6 Å². The van der Waals surface area contributed by atoms with E-state index in [1.165, 1.54) is 0 Å². The van der Waals surface area contributed by atoms with Crippen molar-refractivity contribution in [1.29, 1.82) is 5.26 Å². The first kappa shape index (κ1) is 13.2. The third-order valence-electron chi connectivity index (χ3n) is 3.07. The van der Waals surface area contributed by atoms with Crippen LogP contribution in [0, 0.1) is 11.3 Å². The molecule has 3 rings (SSSR count). The van der Waals surface area contributed by atoms with E-state index >= 15 is 0 Å². The van der Waals surface area contributed by atoms with Crippen molar-refractivity contribution in [2.45, 2.75) is 0 Å². The van der Waals surface area contributed by atoms with Gasteiger partial charge in [0.2, 0.25) is 0 Å². The second-order valence-corrected chi connectivity index (χ2v) is 4.99. The van der Waals surface area contributed by atoms with E-state index in [0.29, 0.717) is 27.8 Å². The summed E-state index contributed by atoms with van der Waals surface area (Å²) in [6, 6.07) is 16.5. The fraction of sp³-hybridized carbons (Fsp3) is 0. The fourth-order valence-corrected chi connectivity index (χ4v) is 2.27. The van der Waals surface area contributed by atoms with Gasteiger partial charge in [-0.25, -0.2) is 4.98 Å². The molecule has 0 saturated carbocycles. The van der Waals surface area contributed by atoms with Crippen molar-refractivity contribution in [2.75, 3.05) is 11.1 Å². The predicted octanol–water partition coefficient (Wildman–Crippen LogP) is 4.09. The summed E-state index contributed by atoms with van der Waals surface area (Å²) in [6.45, 7) is 0. The maximum atomic E-state index is 8.83. The molecule has 0 amide bonds. The number of nitrogen functional groups attached to an aromatic ring is 1. The van der Waals surface area contributed by atoms with Crippen LogP contribution < -0.4 is 11.1 Å². The molecule has 0 aliphatic carbocycles. The highest BCUT2D eigenvalue weighted by molar-refractivity contribution is 6.33. The first-order valence-electron chi connectivity index (χ1n) is 6.29. The zero-order valence-electron chi connectivity index (χ0n) is 11.0. The summed E-state index contributed by atoms with van der Waals surface area (Å²) in [6.07, 6.45) is 0. The van der Waals surface area contributed by atoms with Gasteiger partial charge in [0, 0.05) is 11.1 Å². The summed E-state index contributed by atoms with van der Waals surface area (Å²) in [5, 5.41) is 13.4. The number of nitrogens with zero attached hydrogens (tertiary/aromatic N) is 2. The summed E-state index contributed by atoms with van der Waals surface area (Å²) in [5.74, 6) is 0.680. The summed E-state index contributed by atoms with van der Waals surface area (Å²) in [5.41, 5.74) is 8.53. The van der Waals surface area contributed by atoms with Crippen molar-refractivity contribution in [3.63, 3.8) is 0 Å². The predicted molar refractivity (Wildman–Crippen MR) is 85.6 cm³/mol. The van der Waals surface area contributed by atoms with Crippen LogP contribution in [0.4, 0.5) is 17.2 Å². The number of nitrogens with two attached hydrogens (primary N) is 1. The Hall–Kier alpha value is -2.77. The number of nitrogens with one attached hydrogen (secondary N) is 1. The molecule has 4 nitrogen and oxygen atoms in total.